The molecule has 2 saturated heterocycles. The summed E-state index contributed by atoms with van der Waals surface area (Å²) in [6.45, 7) is 16.0. The maximum Gasteiger partial charge on any atom is 0.328 e. The highest BCUT2D eigenvalue weighted by Crippen LogP contribution is 2.27. The molecule has 1 aromatic carbocycles. The third-order valence-corrected chi connectivity index (χ3v) is 11.9. The number of methoxy groups -OCH3 is 3. The van der Waals surface area contributed by atoms with Crippen LogP contribution in [0.2, 0.25) is 0 Å². The zero-order valence-corrected chi connectivity index (χ0v) is 40.5. The van der Waals surface area contributed by atoms with Crippen LogP contribution in [0.5, 0.6) is 0 Å². The first-order valence-corrected chi connectivity index (χ1v) is 22.4. The van der Waals surface area contributed by atoms with Crippen molar-refractivity contribution in [3.63, 3.8) is 0 Å². The molecule has 4 rings (SSSR count). The number of hydrogen-bond acceptors (Lipinski definition) is 13. The number of carbonyl (C=O) groups is 5. The Bertz CT molecular complexity index is 1380. The Balaban J connectivity index is 0.000000953. The number of aryl methyl sites for hydroxylation is 1. The number of anilines is 1. The Labute approximate surface area is 369 Å². The first-order chi connectivity index (χ1) is 29.0. The molecular formula is C47H86N6O8. The lowest BCUT2D eigenvalue weighted by Gasteiger charge is -2.34. The zero-order chi connectivity index (χ0) is 46.5. The van der Waals surface area contributed by atoms with Gasteiger partial charge in [-0.2, -0.15) is 0 Å². The number of hydrogen-bond donors (Lipinski definition) is 3. The van der Waals surface area contributed by atoms with Gasteiger partial charge in [-0.1, -0.05) is 59.6 Å². The molecule has 3 N–H and O–H groups in total. The molecule has 8 atom stereocenters. The molecule has 3 heterocycles. The zero-order valence-electron chi connectivity index (χ0n) is 40.5. The Morgan fingerprint density at radius 2 is 1.67 bits per heavy atom. The Morgan fingerprint density at radius 1 is 1.00 bits per heavy atom. The van der Waals surface area contributed by atoms with Crippen LogP contribution in [-0.4, -0.2) is 164 Å². The summed E-state index contributed by atoms with van der Waals surface area (Å²) in [6.07, 6.45) is 12.2. The van der Waals surface area contributed by atoms with Crippen LogP contribution in [0.1, 0.15) is 104 Å². The summed E-state index contributed by atoms with van der Waals surface area (Å²) in [6, 6.07) is 5.99. The van der Waals surface area contributed by atoms with Gasteiger partial charge in [0.15, 0.2) is 0 Å². The van der Waals surface area contributed by atoms with Crippen LogP contribution >= 0.6 is 0 Å². The molecular weight excluding hydrogens is 777 g/mol. The summed E-state index contributed by atoms with van der Waals surface area (Å²) in [5, 5.41) is 8.96. The van der Waals surface area contributed by atoms with Gasteiger partial charge in [-0.05, 0) is 117 Å². The molecule has 1 aromatic rings. The first-order valence-electron chi connectivity index (χ1n) is 22.4. The van der Waals surface area contributed by atoms with Gasteiger partial charge >= 0.3 is 5.97 Å². The van der Waals surface area contributed by atoms with Gasteiger partial charge in [-0.3, -0.25) is 9.69 Å². The van der Waals surface area contributed by atoms with E-state index in [9.17, 15) is 24.0 Å². The number of rotatable bonds is 18. The largest absolute Gasteiger partial charge is 0.467 e. The third-order valence-electron chi connectivity index (χ3n) is 11.9. The molecule has 14 heteroatoms. The fraction of sp³-hybridized carbons (Fsp3) is 0.766. The lowest BCUT2D eigenvalue weighted by Crippen LogP contribution is -2.51. The van der Waals surface area contributed by atoms with Crippen molar-refractivity contribution in [3.05, 3.63) is 29.3 Å². The van der Waals surface area contributed by atoms with E-state index in [2.05, 4.69) is 77.5 Å². The fourth-order valence-electron chi connectivity index (χ4n) is 8.00. The second kappa shape index (κ2) is 32.4. The molecule has 8 unspecified atom stereocenters. The van der Waals surface area contributed by atoms with E-state index >= 15 is 0 Å². The highest BCUT2D eigenvalue weighted by molar-refractivity contribution is 5.86. The van der Waals surface area contributed by atoms with E-state index < -0.39 is 12.0 Å². The van der Waals surface area contributed by atoms with Gasteiger partial charge in [0.05, 0.1) is 37.3 Å². The number of likely N-dealkylation sites (tertiary alicyclic amines) is 2. The summed E-state index contributed by atoms with van der Waals surface area (Å²) in [7, 11) is 14.5. The summed E-state index contributed by atoms with van der Waals surface area (Å²) in [5.74, 6) is -0.453. The van der Waals surface area contributed by atoms with Crippen molar-refractivity contribution in [2.45, 2.75) is 142 Å². The van der Waals surface area contributed by atoms with E-state index in [0.29, 0.717) is 31.3 Å². The van der Waals surface area contributed by atoms with Gasteiger partial charge in [0.1, 0.15) is 24.9 Å². The molecule has 0 saturated carbocycles. The van der Waals surface area contributed by atoms with E-state index in [1.165, 1.54) is 19.1 Å². The maximum absolute atomic E-state index is 13.0. The van der Waals surface area contributed by atoms with Gasteiger partial charge in [0.25, 0.3) is 0 Å². The van der Waals surface area contributed by atoms with Gasteiger partial charge in [0.2, 0.25) is 5.91 Å². The highest BCUT2D eigenvalue weighted by atomic mass is 16.5. The molecule has 1 amide bonds. The maximum atomic E-state index is 13.0. The standard InChI is InChI=1S/C23H35N3O4.C11H23NO2.C7H13NO.C3H7NO.C3H8/c1-15(21(29-3)20-8-6-12-26(20)2)22(27)25-19(23(28)30-4)14-16-9-10-18-17(13-16)7-5-11-24-18;1-6-9(2)11(12(3)4)10(14-5)7-8-13;1-7(6-9)4-3-5-8(7)2;1-4-2-3-5;1-3-2/h9-10,13,15,19-21,24H,5-8,11-12,14H2,1-4H3,(H,25,27);8-11H,6-7H2,1-5H3;6H,3-5H2,1-2H3;3-4H,2H2,1H3;3H2,1-2H3. The number of amides is 1. The number of aldehydes is 3. The van der Waals surface area contributed by atoms with Crippen molar-refractivity contribution in [2.75, 3.05) is 88.1 Å². The topological polar surface area (TPSA) is 159 Å². The van der Waals surface area contributed by atoms with E-state index in [1.54, 1.807) is 21.3 Å². The molecule has 0 radical (unpaired) electrons. The monoisotopic (exact) mass is 863 g/mol. The number of fused-ring (bicyclic) bond motifs is 1. The van der Waals surface area contributed by atoms with Crippen LogP contribution in [0.4, 0.5) is 5.69 Å². The number of likely N-dealkylation sites (N-methyl/N-ethyl adjacent to an activating group) is 4. The molecule has 3 aliphatic heterocycles. The van der Waals surface area contributed by atoms with E-state index in [0.717, 1.165) is 94.7 Å². The van der Waals surface area contributed by atoms with Crippen molar-refractivity contribution in [1.82, 2.24) is 25.3 Å². The van der Waals surface area contributed by atoms with E-state index in [4.69, 9.17) is 14.2 Å². The summed E-state index contributed by atoms with van der Waals surface area (Å²) in [4.78, 5) is 62.3. The molecule has 14 nitrogen and oxygen atoms in total. The van der Waals surface area contributed by atoms with Crippen molar-refractivity contribution < 1.29 is 38.2 Å². The lowest BCUT2D eigenvalue weighted by atomic mass is 9.92. The summed E-state index contributed by atoms with van der Waals surface area (Å²) >= 11 is 0. The minimum absolute atomic E-state index is 0.0115. The van der Waals surface area contributed by atoms with Crippen LogP contribution in [-0.2, 0) is 51.0 Å². The van der Waals surface area contributed by atoms with Crippen LogP contribution < -0.4 is 16.0 Å². The molecule has 3 aliphatic rings. The average molecular weight is 863 g/mol. The first kappa shape index (κ1) is 57.7. The van der Waals surface area contributed by atoms with Gasteiger partial charge < -0.3 is 54.3 Å². The SMILES string of the molecule is CCC.CCC(C)C(C(CC=O)OC)N(C)C.CN1CCCC1(C)C=O.CNCC=O.COC(=O)C(Cc1ccc2c(c1)CCCN2)NC(=O)C(C)C(OC)C1CCCN1C. The van der Waals surface area contributed by atoms with Crippen LogP contribution in [0.25, 0.3) is 0 Å². The summed E-state index contributed by atoms with van der Waals surface area (Å²) < 4.78 is 16.1. The average Bonchev–Trinajstić information content (AvgIpc) is 3.84. The molecule has 0 bridgehead atoms. The quantitative estimate of drug-likeness (QED) is 0.133. The van der Waals surface area contributed by atoms with Crippen LogP contribution in [0.3, 0.4) is 0 Å². The molecule has 61 heavy (non-hydrogen) atoms. The van der Waals surface area contributed by atoms with Crippen molar-refractivity contribution >= 4 is 36.4 Å². The van der Waals surface area contributed by atoms with Crippen molar-refractivity contribution in [1.29, 1.82) is 0 Å². The number of nitrogens with zero attached hydrogens (tertiary/aromatic N) is 3. The van der Waals surface area contributed by atoms with Crippen LogP contribution in [0, 0.1) is 11.8 Å². The fourth-order valence-corrected chi connectivity index (χ4v) is 8.00. The van der Waals surface area contributed by atoms with E-state index in [-0.39, 0.29) is 35.6 Å². The smallest absolute Gasteiger partial charge is 0.328 e. The Kier molecular flexibility index (Phi) is 30.7. The number of ether oxygens (including phenoxy) is 3. The molecule has 0 aliphatic carbocycles. The normalized spacial score (nSPS) is 21.2. The molecule has 2 fully saturated rings. The summed E-state index contributed by atoms with van der Waals surface area (Å²) in [5.41, 5.74) is 3.27. The number of nitrogens with one attached hydrogen (secondary N) is 3. The number of carbonyl (C=O) groups excluding carboxylic acids is 5. The van der Waals surface area contributed by atoms with Crippen LogP contribution in [0.15, 0.2) is 18.2 Å². The second-order valence-electron chi connectivity index (χ2n) is 16.9. The van der Waals surface area contributed by atoms with Gasteiger partial charge in [-0.15, -0.1) is 0 Å². The molecule has 0 spiro atoms. The number of benzene rings is 1. The number of esters is 1. The Morgan fingerprint density at radius 3 is 2.10 bits per heavy atom. The lowest BCUT2D eigenvalue weighted by molar-refractivity contribution is -0.146. The van der Waals surface area contributed by atoms with Crippen molar-refractivity contribution in [3.8, 4) is 0 Å². The Hall–Kier alpha value is -3.27. The van der Waals surface area contributed by atoms with E-state index in [1.807, 2.05) is 41.1 Å². The molecule has 352 valence electrons. The third kappa shape index (κ3) is 20.2. The second-order valence-corrected chi connectivity index (χ2v) is 16.9. The van der Waals surface area contributed by atoms with Gasteiger partial charge in [-0.25, -0.2) is 4.79 Å². The minimum atomic E-state index is -0.724. The van der Waals surface area contributed by atoms with Gasteiger partial charge in [0, 0.05) is 51.4 Å². The highest BCUT2D eigenvalue weighted by Gasteiger charge is 2.37. The molecule has 0 aromatic heterocycles. The predicted octanol–water partition coefficient (Wildman–Crippen LogP) is 5.05. The van der Waals surface area contributed by atoms with Crippen molar-refractivity contribution in [2.24, 2.45) is 11.8 Å². The predicted molar refractivity (Wildman–Crippen MR) is 247 cm³/mol. The minimum Gasteiger partial charge on any atom is -0.467 e.